The smallest absolute Gasteiger partial charge is 0.263 e. The Morgan fingerprint density at radius 2 is 2.00 bits per heavy atom. The summed E-state index contributed by atoms with van der Waals surface area (Å²) in [5, 5.41) is 4.21. The van der Waals surface area contributed by atoms with Gasteiger partial charge in [0.05, 0.1) is 5.69 Å². The average Bonchev–Trinajstić information content (AvgIpc) is 2.69. The number of thiophene rings is 1. The first-order valence-electron chi connectivity index (χ1n) is 7.74. The van der Waals surface area contributed by atoms with Crippen molar-refractivity contribution in [1.82, 2.24) is 5.32 Å². The molecule has 2 aromatic rings. The molecule has 4 heteroatoms. The lowest BCUT2D eigenvalue weighted by molar-refractivity contribution is 0.0926. The van der Waals surface area contributed by atoms with E-state index in [0.717, 1.165) is 16.5 Å². The molecule has 3 rings (SSSR count). The van der Waals surface area contributed by atoms with Crippen molar-refractivity contribution in [1.29, 1.82) is 0 Å². The molecule has 2 atom stereocenters. The van der Waals surface area contributed by atoms with Gasteiger partial charge in [0.25, 0.3) is 5.91 Å². The van der Waals surface area contributed by atoms with Crippen molar-refractivity contribution < 1.29 is 4.79 Å². The Kier molecular flexibility index (Phi) is 4.15. The molecular formula is C17H22N2OS. The fourth-order valence-corrected chi connectivity index (χ4v) is 4.20. The van der Waals surface area contributed by atoms with Crippen LogP contribution in [0.1, 0.15) is 48.7 Å². The molecule has 0 radical (unpaired) electrons. The number of hydrogen-bond donors (Lipinski definition) is 2. The molecule has 1 aromatic carbocycles. The minimum Gasteiger partial charge on any atom is -0.397 e. The molecule has 1 heterocycles. The molecule has 1 amide bonds. The van der Waals surface area contributed by atoms with Crippen LogP contribution in [0.2, 0.25) is 0 Å². The second-order valence-electron chi connectivity index (χ2n) is 6.04. The molecule has 1 saturated carbocycles. The van der Waals surface area contributed by atoms with E-state index in [4.69, 9.17) is 5.73 Å². The van der Waals surface area contributed by atoms with Crippen LogP contribution in [0.4, 0.5) is 5.69 Å². The Morgan fingerprint density at radius 3 is 2.81 bits per heavy atom. The molecule has 2 unspecified atom stereocenters. The maximum absolute atomic E-state index is 12.6. The summed E-state index contributed by atoms with van der Waals surface area (Å²) >= 11 is 1.49. The van der Waals surface area contributed by atoms with Gasteiger partial charge in [0, 0.05) is 16.1 Å². The third kappa shape index (κ3) is 2.91. The van der Waals surface area contributed by atoms with Crippen molar-refractivity contribution in [3.63, 3.8) is 0 Å². The van der Waals surface area contributed by atoms with Crippen molar-refractivity contribution in [3.05, 3.63) is 29.1 Å². The molecule has 1 fully saturated rings. The number of fused-ring (bicyclic) bond motifs is 1. The standard InChI is InChI=1S/C17H22N2OS/c1-11-7-3-2-4-9-13(11)19-17(20)16-15(18)12-8-5-6-10-14(12)21-16/h5-6,8,10-11,13H,2-4,7,9,18H2,1H3,(H,19,20). The molecule has 0 bridgehead atoms. The summed E-state index contributed by atoms with van der Waals surface area (Å²) in [7, 11) is 0. The number of carbonyl (C=O) groups excluding carboxylic acids is 1. The zero-order valence-electron chi connectivity index (χ0n) is 12.4. The van der Waals surface area contributed by atoms with Gasteiger partial charge < -0.3 is 11.1 Å². The van der Waals surface area contributed by atoms with Crippen LogP contribution in [0.3, 0.4) is 0 Å². The van der Waals surface area contributed by atoms with E-state index in [1.165, 1.54) is 37.0 Å². The van der Waals surface area contributed by atoms with Crippen molar-refractivity contribution in [2.45, 2.75) is 45.1 Å². The molecule has 21 heavy (non-hydrogen) atoms. The summed E-state index contributed by atoms with van der Waals surface area (Å²) in [5.41, 5.74) is 6.78. The minimum atomic E-state index is -0.00699. The first kappa shape index (κ1) is 14.4. The Morgan fingerprint density at radius 1 is 1.24 bits per heavy atom. The van der Waals surface area contributed by atoms with Crippen molar-refractivity contribution in [2.75, 3.05) is 5.73 Å². The summed E-state index contributed by atoms with van der Waals surface area (Å²) in [6.45, 7) is 2.24. The summed E-state index contributed by atoms with van der Waals surface area (Å²) < 4.78 is 1.08. The van der Waals surface area contributed by atoms with E-state index < -0.39 is 0 Å². The number of amides is 1. The number of benzene rings is 1. The highest BCUT2D eigenvalue weighted by molar-refractivity contribution is 7.21. The molecule has 0 spiro atoms. The summed E-state index contributed by atoms with van der Waals surface area (Å²) in [6, 6.07) is 8.21. The summed E-state index contributed by atoms with van der Waals surface area (Å²) in [6.07, 6.45) is 6.04. The Hall–Kier alpha value is -1.55. The van der Waals surface area contributed by atoms with Crippen molar-refractivity contribution >= 4 is 33.0 Å². The molecule has 1 aliphatic carbocycles. The van der Waals surface area contributed by atoms with Crippen molar-refractivity contribution in [2.24, 2.45) is 5.92 Å². The van der Waals surface area contributed by atoms with Gasteiger partial charge in [-0.15, -0.1) is 11.3 Å². The third-order valence-electron chi connectivity index (χ3n) is 4.52. The van der Waals surface area contributed by atoms with Gasteiger partial charge in [0.2, 0.25) is 0 Å². The van der Waals surface area contributed by atoms with E-state index in [2.05, 4.69) is 12.2 Å². The fourth-order valence-electron chi connectivity index (χ4n) is 3.18. The van der Waals surface area contributed by atoms with Gasteiger partial charge in [-0.25, -0.2) is 0 Å². The van der Waals surface area contributed by atoms with Gasteiger partial charge >= 0.3 is 0 Å². The van der Waals surface area contributed by atoms with E-state index >= 15 is 0 Å². The van der Waals surface area contributed by atoms with Gasteiger partial charge in [-0.1, -0.05) is 44.4 Å². The average molecular weight is 302 g/mol. The molecule has 112 valence electrons. The van der Waals surface area contributed by atoms with Gasteiger partial charge in [-0.2, -0.15) is 0 Å². The number of hydrogen-bond acceptors (Lipinski definition) is 3. The van der Waals surface area contributed by atoms with Crippen LogP contribution in [0.5, 0.6) is 0 Å². The lowest BCUT2D eigenvalue weighted by atomic mass is 9.97. The Bertz CT molecular complexity index is 649. The van der Waals surface area contributed by atoms with E-state index in [-0.39, 0.29) is 11.9 Å². The number of nitrogens with one attached hydrogen (secondary N) is 1. The number of anilines is 1. The predicted octanol–water partition coefficient (Wildman–Crippen LogP) is 4.18. The van der Waals surface area contributed by atoms with Crippen LogP contribution in [0.25, 0.3) is 10.1 Å². The quantitative estimate of drug-likeness (QED) is 0.818. The predicted molar refractivity (Wildman–Crippen MR) is 89.7 cm³/mol. The SMILES string of the molecule is CC1CCCCCC1NC(=O)c1sc2ccccc2c1N. The second kappa shape index (κ2) is 6.06. The number of rotatable bonds is 2. The van der Waals surface area contributed by atoms with Crippen molar-refractivity contribution in [3.8, 4) is 0 Å². The molecule has 1 aromatic heterocycles. The lowest BCUT2D eigenvalue weighted by Crippen LogP contribution is -2.38. The molecule has 1 aliphatic rings. The van der Waals surface area contributed by atoms with Crippen LogP contribution in [0.15, 0.2) is 24.3 Å². The van der Waals surface area contributed by atoms with Crippen LogP contribution < -0.4 is 11.1 Å². The maximum Gasteiger partial charge on any atom is 0.263 e. The van der Waals surface area contributed by atoms with Gasteiger partial charge in [-0.05, 0) is 24.8 Å². The minimum absolute atomic E-state index is 0.00699. The summed E-state index contributed by atoms with van der Waals surface area (Å²) in [4.78, 5) is 13.2. The summed E-state index contributed by atoms with van der Waals surface area (Å²) in [5.74, 6) is 0.541. The first-order valence-corrected chi connectivity index (χ1v) is 8.56. The number of nitrogen functional groups attached to an aromatic ring is 1. The zero-order valence-corrected chi connectivity index (χ0v) is 13.2. The largest absolute Gasteiger partial charge is 0.397 e. The highest BCUT2D eigenvalue weighted by Gasteiger charge is 2.24. The van der Waals surface area contributed by atoms with Gasteiger partial charge in [-0.3, -0.25) is 4.79 Å². The fraction of sp³-hybridized carbons (Fsp3) is 0.471. The van der Waals surface area contributed by atoms with Crippen LogP contribution in [-0.2, 0) is 0 Å². The highest BCUT2D eigenvalue weighted by atomic mass is 32.1. The number of nitrogens with two attached hydrogens (primary N) is 1. The molecule has 3 N–H and O–H groups in total. The number of carbonyl (C=O) groups is 1. The van der Waals surface area contributed by atoms with Crippen LogP contribution in [-0.4, -0.2) is 11.9 Å². The van der Waals surface area contributed by atoms with Crippen LogP contribution >= 0.6 is 11.3 Å². The van der Waals surface area contributed by atoms with Crippen LogP contribution in [0, 0.1) is 5.92 Å². The highest BCUT2D eigenvalue weighted by Crippen LogP contribution is 2.33. The monoisotopic (exact) mass is 302 g/mol. The Labute approximate surface area is 129 Å². The normalized spacial score (nSPS) is 22.9. The molecule has 0 saturated heterocycles. The van der Waals surface area contributed by atoms with Gasteiger partial charge in [0.15, 0.2) is 0 Å². The first-order chi connectivity index (χ1) is 10.2. The molecular weight excluding hydrogens is 280 g/mol. The van der Waals surface area contributed by atoms with E-state index in [1.807, 2.05) is 24.3 Å². The molecule has 0 aliphatic heterocycles. The topological polar surface area (TPSA) is 55.1 Å². The Balaban J connectivity index is 1.81. The zero-order chi connectivity index (χ0) is 14.8. The maximum atomic E-state index is 12.6. The van der Waals surface area contributed by atoms with Gasteiger partial charge in [0.1, 0.15) is 4.88 Å². The van der Waals surface area contributed by atoms with E-state index in [0.29, 0.717) is 16.5 Å². The lowest BCUT2D eigenvalue weighted by Gasteiger charge is -2.22. The van der Waals surface area contributed by atoms with E-state index in [9.17, 15) is 4.79 Å². The second-order valence-corrected chi connectivity index (χ2v) is 7.09. The molecule has 3 nitrogen and oxygen atoms in total. The van der Waals surface area contributed by atoms with E-state index in [1.54, 1.807) is 0 Å². The third-order valence-corrected chi connectivity index (χ3v) is 5.70.